The van der Waals surface area contributed by atoms with Crippen molar-refractivity contribution >= 4 is 102 Å². The molecule has 0 aliphatic carbocycles. The van der Waals surface area contributed by atoms with E-state index in [0.29, 0.717) is 0 Å². The second kappa shape index (κ2) is 20.2. The van der Waals surface area contributed by atoms with Gasteiger partial charge < -0.3 is 46.8 Å². The van der Waals surface area contributed by atoms with E-state index in [1.165, 1.54) is 0 Å². The summed E-state index contributed by atoms with van der Waals surface area (Å²) in [7, 11) is 3.35. The highest BCUT2D eigenvalue weighted by molar-refractivity contribution is 8.82. The SMILES string of the molecule is CCOC(=O)C(CSSC(=O)[C@@H](N)CS)NC(=O)c1[nH]c(C(=O)NC(CSSC(=O)[C@@H](N)CS)C(=O)OCC)c(O)c1O. The Kier molecular flexibility index (Phi) is 18.4. The molecule has 0 saturated heterocycles. The summed E-state index contributed by atoms with van der Waals surface area (Å²) in [6.07, 6.45) is 0. The summed E-state index contributed by atoms with van der Waals surface area (Å²) in [5, 5.41) is 24.6. The molecule has 43 heavy (non-hydrogen) atoms. The molecule has 4 atom stereocenters. The maximum absolute atomic E-state index is 12.9. The van der Waals surface area contributed by atoms with Crippen molar-refractivity contribution in [3.05, 3.63) is 11.4 Å². The Morgan fingerprint density at radius 1 is 0.767 bits per heavy atom. The van der Waals surface area contributed by atoms with E-state index in [0.717, 1.165) is 43.2 Å². The maximum atomic E-state index is 12.9. The molecule has 0 saturated carbocycles. The highest BCUT2D eigenvalue weighted by atomic mass is 33.1. The van der Waals surface area contributed by atoms with Crippen LogP contribution in [-0.2, 0) is 28.7 Å². The zero-order valence-corrected chi connectivity index (χ0v) is 27.9. The van der Waals surface area contributed by atoms with Gasteiger partial charge in [0.15, 0.2) is 22.9 Å². The Morgan fingerprint density at radius 2 is 1.12 bits per heavy atom. The predicted molar refractivity (Wildman–Crippen MR) is 174 cm³/mol. The van der Waals surface area contributed by atoms with Gasteiger partial charge in [-0.2, -0.15) is 25.3 Å². The van der Waals surface area contributed by atoms with Crippen LogP contribution in [-0.4, -0.2) is 110 Å². The monoisotopic (exact) mass is 719 g/mol. The Hall–Kier alpha value is -1.88. The third-order valence-electron chi connectivity index (χ3n) is 4.91. The van der Waals surface area contributed by atoms with Gasteiger partial charge in [-0.3, -0.25) is 19.2 Å². The number of carbonyl (C=O) groups excluding carboxylic acids is 6. The number of hydrogen-bond acceptors (Lipinski definition) is 18. The van der Waals surface area contributed by atoms with Crippen LogP contribution >= 0.6 is 68.4 Å². The summed E-state index contributed by atoms with van der Waals surface area (Å²) in [6, 6.07) is -4.26. The number of aromatic nitrogens is 1. The Balaban J connectivity index is 3.05. The molecule has 1 aromatic rings. The molecule has 0 spiro atoms. The van der Waals surface area contributed by atoms with Crippen LogP contribution in [0.4, 0.5) is 0 Å². The van der Waals surface area contributed by atoms with E-state index in [2.05, 4.69) is 40.9 Å². The summed E-state index contributed by atoms with van der Waals surface area (Å²) in [6.45, 7) is 3.06. The van der Waals surface area contributed by atoms with Crippen LogP contribution in [0.2, 0.25) is 0 Å². The maximum Gasteiger partial charge on any atom is 0.329 e. The molecule has 0 aliphatic heterocycles. The van der Waals surface area contributed by atoms with Crippen LogP contribution in [0.1, 0.15) is 34.8 Å². The average molecular weight is 720 g/mol. The molecular weight excluding hydrogens is 687 g/mol. The number of nitrogens with one attached hydrogen (secondary N) is 3. The number of nitrogens with two attached hydrogens (primary N) is 2. The third-order valence-corrected chi connectivity index (χ3v) is 10.3. The number of amides is 2. The van der Waals surface area contributed by atoms with Crippen molar-refractivity contribution in [1.29, 1.82) is 0 Å². The van der Waals surface area contributed by atoms with Crippen LogP contribution < -0.4 is 22.1 Å². The van der Waals surface area contributed by atoms with E-state index in [9.17, 15) is 39.0 Å². The zero-order chi connectivity index (χ0) is 32.7. The number of ether oxygens (including phenoxy) is 2. The Morgan fingerprint density at radius 3 is 1.42 bits per heavy atom. The molecule has 0 fully saturated rings. The fourth-order valence-electron chi connectivity index (χ4n) is 2.69. The molecule has 15 nitrogen and oxygen atoms in total. The molecule has 9 N–H and O–H groups in total. The minimum absolute atomic E-state index is 0.0140. The van der Waals surface area contributed by atoms with E-state index in [4.69, 9.17) is 20.9 Å². The molecule has 0 radical (unpaired) electrons. The quantitative estimate of drug-likeness (QED) is 0.0553. The van der Waals surface area contributed by atoms with Gasteiger partial charge in [-0.1, -0.05) is 21.6 Å². The van der Waals surface area contributed by atoms with Crippen LogP contribution in [0.3, 0.4) is 0 Å². The third kappa shape index (κ3) is 12.6. The summed E-state index contributed by atoms with van der Waals surface area (Å²) in [4.78, 5) is 76.8. The number of rotatable bonds is 18. The van der Waals surface area contributed by atoms with E-state index < -0.39 is 81.0 Å². The van der Waals surface area contributed by atoms with Gasteiger partial charge in [-0.05, 0) is 35.4 Å². The summed E-state index contributed by atoms with van der Waals surface area (Å²) < 4.78 is 9.91. The first-order valence-corrected chi connectivity index (χ1v) is 18.2. The average Bonchev–Trinajstić information content (AvgIpc) is 3.28. The number of hydrogen-bond donors (Lipinski definition) is 9. The fraction of sp³-hybridized carbons (Fsp3) is 0.545. The van der Waals surface area contributed by atoms with Crippen molar-refractivity contribution in [2.24, 2.45) is 11.5 Å². The first-order valence-electron chi connectivity index (χ1n) is 12.3. The van der Waals surface area contributed by atoms with Crippen molar-refractivity contribution in [1.82, 2.24) is 15.6 Å². The molecule has 2 unspecified atom stereocenters. The molecule has 1 aromatic heterocycles. The molecule has 242 valence electrons. The molecule has 0 aliphatic rings. The van der Waals surface area contributed by atoms with Gasteiger partial charge >= 0.3 is 11.9 Å². The second-order valence-electron chi connectivity index (χ2n) is 8.08. The lowest BCUT2D eigenvalue weighted by atomic mass is 10.2. The first kappa shape index (κ1) is 39.1. The Labute approximate surface area is 273 Å². The zero-order valence-electron chi connectivity index (χ0n) is 22.9. The van der Waals surface area contributed by atoms with Crippen molar-refractivity contribution in [3.8, 4) is 11.5 Å². The fourth-order valence-corrected chi connectivity index (χ4v) is 7.42. The van der Waals surface area contributed by atoms with Crippen LogP contribution in [0.15, 0.2) is 0 Å². The number of carbonyl (C=O) groups is 6. The molecule has 1 heterocycles. The molecular formula is C22H33N5O10S6. The lowest BCUT2D eigenvalue weighted by molar-refractivity contribution is -0.145. The molecule has 21 heteroatoms. The van der Waals surface area contributed by atoms with Gasteiger partial charge in [0.05, 0.1) is 25.3 Å². The van der Waals surface area contributed by atoms with E-state index in [-0.39, 0.29) is 36.2 Å². The number of aromatic hydroxyl groups is 2. The van der Waals surface area contributed by atoms with Gasteiger partial charge in [0.2, 0.25) is 10.2 Å². The van der Waals surface area contributed by atoms with Gasteiger partial charge in [-0.15, -0.1) is 0 Å². The van der Waals surface area contributed by atoms with Crippen LogP contribution in [0.5, 0.6) is 11.5 Å². The van der Waals surface area contributed by atoms with Gasteiger partial charge in [0.25, 0.3) is 11.8 Å². The normalized spacial score (nSPS) is 13.7. The second-order valence-corrected chi connectivity index (χ2v) is 13.5. The van der Waals surface area contributed by atoms with Crippen molar-refractivity contribution in [3.63, 3.8) is 0 Å². The topological polar surface area (TPSA) is 253 Å². The Bertz CT molecular complexity index is 1070. The standard InChI is InChI=1S/C22H33N5O10S6/c1-3-36-19(32)11(7-40-42-21(34)9(23)5-38)25-17(30)13-15(28)16(29)14(27-13)18(31)26-12(20(33)37-4-2)8-41-43-22(35)10(24)6-39/h9-12,27-29,38-39H,3-8,23-24H2,1-2H3,(H,25,30)(H,26,31)/t9-,10-,11?,12?/m0/s1. The number of esters is 2. The van der Waals surface area contributed by atoms with E-state index >= 15 is 0 Å². The largest absolute Gasteiger partial charge is 0.503 e. The van der Waals surface area contributed by atoms with E-state index in [1.807, 2.05) is 0 Å². The summed E-state index contributed by atoms with van der Waals surface area (Å²) >= 11 is 7.90. The lowest BCUT2D eigenvalue weighted by Crippen LogP contribution is -2.44. The van der Waals surface area contributed by atoms with E-state index in [1.54, 1.807) is 13.8 Å². The number of H-pyrrole nitrogens is 1. The van der Waals surface area contributed by atoms with Gasteiger partial charge in [-0.25, -0.2) is 9.59 Å². The van der Waals surface area contributed by atoms with Crippen molar-refractivity contribution in [2.75, 3.05) is 36.2 Å². The van der Waals surface area contributed by atoms with Gasteiger partial charge in [0.1, 0.15) is 12.1 Å². The van der Waals surface area contributed by atoms with Crippen molar-refractivity contribution in [2.45, 2.75) is 38.0 Å². The smallest absolute Gasteiger partial charge is 0.329 e. The number of aromatic amines is 1. The molecule has 0 aromatic carbocycles. The molecule has 1 rings (SSSR count). The highest BCUT2D eigenvalue weighted by Gasteiger charge is 2.32. The number of thiol groups is 2. The highest BCUT2D eigenvalue weighted by Crippen LogP contribution is 2.33. The van der Waals surface area contributed by atoms with Crippen molar-refractivity contribution < 1.29 is 48.5 Å². The van der Waals surface area contributed by atoms with Crippen LogP contribution in [0, 0.1) is 0 Å². The predicted octanol–water partition coefficient (Wildman–Crippen LogP) is 0.0791. The summed E-state index contributed by atoms with van der Waals surface area (Å²) in [5.41, 5.74) is 9.87. The lowest BCUT2D eigenvalue weighted by Gasteiger charge is -2.17. The minimum Gasteiger partial charge on any atom is -0.503 e. The van der Waals surface area contributed by atoms with Crippen LogP contribution in [0.25, 0.3) is 0 Å². The minimum atomic E-state index is -1.30. The van der Waals surface area contributed by atoms with Gasteiger partial charge in [0, 0.05) is 23.0 Å². The molecule has 0 bridgehead atoms. The first-order chi connectivity index (χ1) is 20.3. The molecule has 2 amide bonds. The summed E-state index contributed by atoms with van der Waals surface area (Å²) in [5.74, 6) is -5.95.